The molecule has 104 valence electrons. The summed E-state index contributed by atoms with van der Waals surface area (Å²) in [6.45, 7) is 6.69. The van der Waals surface area contributed by atoms with E-state index in [1.54, 1.807) is 6.92 Å². The van der Waals surface area contributed by atoms with E-state index in [0.29, 0.717) is 12.1 Å². The lowest BCUT2D eigenvalue weighted by atomic mass is 10.0. The fraction of sp³-hybridized carbons (Fsp3) is 0.438. The Bertz CT molecular complexity index is 442. The van der Waals surface area contributed by atoms with Gasteiger partial charge < -0.3 is 10.1 Å². The average molecular weight is 261 g/mol. The largest absolute Gasteiger partial charge is 0.466 e. The second-order valence-electron chi connectivity index (χ2n) is 4.42. The van der Waals surface area contributed by atoms with Gasteiger partial charge in [0.05, 0.1) is 7.11 Å². The molecule has 3 nitrogen and oxygen atoms in total. The molecule has 19 heavy (non-hydrogen) atoms. The predicted molar refractivity (Wildman–Crippen MR) is 79.5 cm³/mol. The lowest BCUT2D eigenvalue weighted by Gasteiger charge is -2.14. The highest BCUT2D eigenvalue weighted by Gasteiger charge is 2.06. The standard InChI is InChI=1S/C16H23NO2/c1-5-13-8-7-9-14(6-2)15(13)17-11-10-12(3)16(18)19-4/h7-10,17H,5-6,11H2,1-4H3/b12-10-. The van der Waals surface area contributed by atoms with Gasteiger partial charge in [0.2, 0.25) is 0 Å². The molecule has 1 aromatic carbocycles. The number of hydrogen-bond acceptors (Lipinski definition) is 3. The zero-order valence-electron chi connectivity index (χ0n) is 12.2. The Morgan fingerprint density at radius 2 is 1.84 bits per heavy atom. The topological polar surface area (TPSA) is 38.3 Å². The summed E-state index contributed by atoms with van der Waals surface area (Å²) in [6.07, 6.45) is 3.85. The van der Waals surface area contributed by atoms with Crippen molar-refractivity contribution in [1.29, 1.82) is 0 Å². The summed E-state index contributed by atoms with van der Waals surface area (Å²) in [6, 6.07) is 6.37. The summed E-state index contributed by atoms with van der Waals surface area (Å²) < 4.78 is 4.67. The molecule has 0 atom stereocenters. The summed E-state index contributed by atoms with van der Waals surface area (Å²) in [4.78, 5) is 11.3. The van der Waals surface area contributed by atoms with Gasteiger partial charge in [0.25, 0.3) is 0 Å². The third-order valence-corrected chi connectivity index (χ3v) is 3.19. The van der Waals surface area contributed by atoms with Crippen molar-refractivity contribution in [2.45, 2.75) is 33.6 Å². The van der Waals surface area contributed by atoms with Gasteiger partial charge in [0.15, 0.2) is 0 Å². The van der Waals surface area contributed by atoms with Crippen molar-refractivity contribution >= 4 is 11.7 Å². The summed E-state index contributed by atoms with van der Waals surface area (Å²) in [7, 11) is 1.40. The maximum atomic E-state index is 11.3. The van der Waals surface area contributed by atoms with E-state index in [2.05, 4.69) is 42.1 Å². The molecule has 0 aliphatic rings. The molecular weight excluding hydrogens is 238 g/mol. The zero-order chi connectivity index (χ0) is 14.3. The molecule has 0 bridgehead atoms. The van der Waals surface area contributed by atoms with Gasteiger partial charge in [-0.25, -0.2) is 4.79 Å². The molecule has 1 N–H and O–H groups in total. The molecule has 3 heteroatoms. The van der Waals surface area contributed by atoms with Crippen LogP contribution in [0.3, 0.4) is 0 Å². The molecule has 0 aliphatic heterocycles. The number of carbonyl (C=O) groups excluding carboxylic acids is 1. The van der Waals surface area contributed by atoms with Crippen LogP contribution >= 0.6 is 0 Å². The van der Waals surface area contributed by atoms with Crippen molar-refractivity contribution in [3.8, 4) is 0 Å². The van der Waals surface area contributed by atoms with Crippen LogP contribution in [-0.2, 0) is 22.4 Å². The van der Waals surface area contributed by atoms with E-state index in [1.165, 1.54) is 23.9 Å². The molecule has 1 rings (SSSR count). The number of nitrogens with one attached hydrogen (secondary N) is 1. The smallest absolute Gasteiger partial charge is 0.333 e. The van der Waals surface area contributed by atoms with Crippen LogP contribution in [0.25, 0.3) is 0 Å². The maximum absolute atomic E-state index is 11.3. The van der Waals surface area contributed by atoms with Crippen molar-refractivity contribution in [2.24, 2.45) is 0 Å². The minimum absolute atomic E-state index is 0.277. The summed E-state index contributed by atoms with van der Waals surface area (Å²) in [5.41, 5.74) is 4.44. The minimum Gasteiger partial charge on any atom is -0.466 e. The molecule has 0 fully saturated rings. The van der Waals surface area contributed by atoms with Gasteiger partial charge in [-0.1, -0.05) is 38.1 Å². The minimum atomic E-state index is -0.277. The lowest BCUT2D eigenvalue weighted by molar-refractivity contribution is -0.136. The van der Waals surface area contributed by atoms with Crippen LogP contribution in [-0.4, -0.2) is 19.6 Å². The fourth-order valence-corrected chi connectivity index (χ4v) is 2.02. The highest BCUT2D eigenvalue weighted by atomic mass is 16.5. The van der Waals surface area contributed by atoms with Gasteiger partial charge in [0, 0.05) is 17.8 Å². The Hall–Kier alpha value is -1.77. The van der Waals surface area contributed by atoms with Crippen LogP contribution in [0.15, 0.2) is 29.8 Å². The summed E-state index contributed by atoms with van der Waals surface area (Å²) >= 11 is 0. The number of para-hydroxylation sites is 1. The van der Waals surface area contributed by atoms with Crippen molar-refractivity contribution in [2.75, 3.05) is 19.0 Å². The van der Waals surface area contributed by atoms with Gasteiger partial charge >= 0.3 is 5.97 Å². The highest BCUT2D eigenvalue weighted by Crippen LogP contribution is 2.22. The van der Waals surface area contributed by atoms with E-state index >= 15 is 0 Å². The molecule has 1 aromatic rings. The zero-order valence-corrected chi connectivity index (χ0v) is 12.2. The van der Waals surface area contributed by atoms with Gasteiger partial charge in [-0.2, -0.15) is 0 Å². The van der Waals surface area contributed by atoms with E-state index in [0.717, 1.165) is 12.8 Å². The number of anilines is 1. The average Bonchev–Trinajstić information content (AvgIpc) is 2.46. The summed E-state index contributed by atoms with van der Waals surface area (Å²) in [5, 5.41) is 3.41. The molecule has 0 heterocycles. The third kappa shape index (κ3) is 4.12. The van der Waals surface area contributed by atoms with Crippen LogP contribution in [0, 0.1) is 0 Å². The molecule has 0 unspecified atom stereocenters. The number of benzene rings is 1. The number of carbonyl (C=O) groups is 1. The van der Waals surface area contributed by atoms with Crippen molar-refractivity contribution in [1.82, 2.24) is 0 Å². The second kappa shape index (κ2) is 7.62. The highest BCUT2D eigenvalue weighted by molar-refractivity contribution is 5.87. The van der Waals surface area contributed by atoms with Gasteiger partial charge in [-0.05, 0) is 30.9 Å². The number of hydrogen-bond donors (Lipinski definition) is 1. The maximum Gasteiger partial charge on any atom is 0.333 e. The van der Waals surface area contributed by atoms with Gasteiger partial charge in [-0.3, -0.25) is 0 Å². The first-order valence-corrected chi connectivity index (χ1v) is 6.73. The second-order valence-corrected chi connectivity index (χ2v) is 4.42. The molecule has 0 saturated carbocycles. The lowest BCUT2D eigenvalue weighted by Crippen LogP contribution is -2.08. The third-order valence-electron chi connectivity index (χ3n) is 3.19. The number of ether oxygens (including phenoxy) is 1. The quantitative estimate of drug-likeness (QED) is 0.630. The van der Waals surface area contributed by atoms with Crippen LogP contribution in [0.2, 0.25) is 0 Å². The Morgan fingerprint density at radius 3 is 2.32 bits per heavy atom. The fourth-order valence-electron chi connectivity index (χ4n) is 2.02. The Balaban J connectivity index is 2.80. The van der Waals surface area contributed by atoms with Gasteiger partial charge in [-0.15, -0.1) is 0 Å². The molecule has 0 spiro atoms. The monoisotopic (exact) mass is 261 g/mol. The molecule has 0 aliphatic carbocycles. The first-order chi connectivity index (χ1) is 9.13. The van der Waals surface area contributed by atoms with E-state index < -0.39 is 0 Å². The van der Waals surface area contributed by atoms with Crippen molar-refractivity contribution in [3.63, 3.8) is 0 Å². The summed E-state index contributed by atoms with van der Waals surface area (Å²) in [5.74, 6) is -0.277. The number of esters is 1. The first-order valence-electron chi connectivity index (χ1n) is 6.73. The van der Waals surface area contributed by atoms with E-state index in [9.17, 15) is 4.79 Å². The van der Waals surface area contributed by atoms with E-state index in [1.807, 2.05) is 6.08 Å². The molecule has 0 amide bonds. The van der Waals surface area contributed by atoms with Gasteiger partial charge in [0.1, 0.15) is 0 Å². The first kappa shape index (κ1) is 15.3. The van der Waals surface area contributed by atoms with E-state index in [-0.39, 0.29) is 5.97 Å². The number of methoxy groups -OCH3 is 1. The van der Waals surface area contributed by atoms with Crippen molar-refractivity contribution in [3.05, 3.63) is 41.0 Å². The van der Waals surface area contributed by atoms with E-state index in [4.69, 9.17) is 0 Å². The van der Waals surface area contributed by atoms with Crippen LogP contribution in [0.5, 0.6) is 0 Å². The predicted octanol–water partition coefficient (Wildman–Crippen LogP) is 3.34. The van der Waals surface area contributed by atoms with Crippen molar-refractivity contribution < 1.29 is 9.53 Å². The number of rotatable bonds is 6. The molecule has 0 aromatic heterocycles. The SMILES string of the molecule is CCc1cccc(CC)c1NC/C=C(/C)C(=O)OC. The molecule has 0 saturated heterocycles. The van der Waals surface area contributed by atoms with Crippen LogP contribution in [0.4, 0.5) is 5.69 Å². The molecule has 0 radical (unpaired) electrons. The Kier molecular flexibility index (Phi) is 6.13. The normalized spacial score (nSPS) is 11.3. The van der Waals surface area contributed by atoms with Crippen LogP contribution < -0.4 is 5.32 Å². The number of aryl methyl sites for hydroxylation is 2. The Morgan fingerprint density at radius 1 is 1.26 bits per heavy atom. The Labute approximate surface area is 115 Å². The molecular formula is C16H23NO2. The van der Waals surface area contributed by atoms with Crippen LogP contribution in [0.1, 0.15) is 31.9 Å².